The number of hydrogen-bond donors (Lipinski definition) is 0. The van der Waals surface area contributed by atoms with Gasteiger partial charge in [0.05, 0.1) is 39.0 Å². The van der Waals surface area contributed by atoms with Crippen LogP contribution in [0.5, 0.6) is 0 Å². The van der Waals surface area contributed by atoms with Gasteiger partial charge in [-0.2, -0.15) is 0 Å². The van der Waals surface area contributed by atoms with E-state index in [1.54, 1.807) is 0 Å². The second-order valence-corrected chi connectivity index (χ2v) is 26.0. The summed E-state index contributed by atoms with van der Waals surface area (Å²) < 4.78 is 10.4. The van der Waals surface area contributed by atoms with E-state index in [2.05, 4.69) is 297 Å². The molecular formula is C76H57BN4S. The molecule has 4 aromatic heterocycles. The topological polar surface area (TPSA) is 18.0 Å². The minimum Gasteiger partial charge on any atom is -0.310 e. The fourth-order valence-corrected chi connectivity index (χ4v) is 15.4. The predicted octanol–water partition coefficient (Wildman–Crippen LogP) is 18.7. The lowest BCUT2D eigenvalue weighted by Gasteiger charge is -2.39. The van der Waals surface area contributed by atoms with E-state index in [-0.39, 0.29) is 17.5 Å². The van der Waals surface area contributed by atoms with Gasteiger partial charge in [0.25, 0.3) is 6.71 Å². The summed E-state index contributed by atoms with van der Waals surface area (Å²) in [7, 11) is 0. The van der Waals surface area contributed by atoms with Crippen molar-refractivity contribution in [3.8, 4) is 39.3 Å². The zero-order valence-corrected chi connectivity index (χ0v) is 47.6. The zero-order chi connectivity index (χ0) is 54.9. The van der Waals surface area contributed by atoms with E-state index in [1.807, 2.05) is 11.3 Å². The van der Waals surface area contributed by atoms with E-state index in [4.69, 9.17) is 0 Å². The third-order valence-electron chi connectivity index (χ3n) is 18.1. The van der Waals surface area contributed by atoms with Gasteiger partial charge in [0.2, 0.25) is 0 Å². The van der Waals surface area contributed by atoms with Gasteiger partial charge < -0.3 is 18.6 Å². The van der Waals surface area contributed by atoms with Crippen molar-refractivity contribution >= 4 is 126 Å². The van der Waals surface area contributed by atoms with Gasteiger partial charge in [-0.15, -0.1) is 11.3 Å². The molecule has 4 nitrogen and oxygen atoms in total. The van der Waals surface area contributed by atoms with Crippen LogP contribution in [0.25, 0.3) is 115 Å². The monoisotopic (exact) mass is 1070 g/mol. The van der Waals surface area contributed by atoms with Crippen molar-refractivity contribution in [1.82, 2.24) is 13.7 Å². The summed E-state index contributed by atoms with van der Waals surface area (Å²) in [5, 5.41) is 8.81. The first-order valence-electron chi connectivity index (χ1n) is 28.9. The van der Waals surface area contributed by atoms with E-state index in [0.29, 0.717) is 0 Å². The first-order valence-corrected chi connectivity index (χ1v) is 29.7. The van der Waals surface area contributed by atoms with E-state index in [0.717, 1.165) is 17.1 Å². The van der Waals surface area contributed by atoms with Crippen molar-refractivity contribution in [1.29, 1.82) is 0 Å². The Bertz CT molecular complexity index is 5070. The molecule has 0 atom stereocenters. The second kappa shape index (κ2) is 17.1. The van der Waals surface area contributed by atoms with Gasteiger partial charge in [0.1, 0.15) is 0 Å². The molecule has 15 aromatic rings. The zero-order valence-electron chi connectivity index (χ0n) is 46.8. The maximum absolute atomic E-state index is 2.66. The fourth-order valence-electron chi connectivity index (χ4n) is 14.1. The summed E-state index contributed by atoms with van der Waals surface area (Å²) >= 11 is 1.98. The summed E-state index contributed by atoms with van der Waals surface area (Å²) in [5.41, 5.74) is 24.5. The van der Waals surface area contributed by atoms with Crippen LogP contribution in [0, 0.1) is 0 Å². The minimum atomic E-state index is -0.0410. The molecule has 0 aliphatic carbocycles. The molecular weight excluding hydrogens is 1010 g/mol. The van der Waals surface area contributed by atoms with Crippen LogP contribution < -0.4 is 20.6 Å². The Labute approximate surface area is 481 Å². The quantitative estimate of drug-likeness (QED) is 0.157. The lowest BCUT2D eigenvalue weighted by Crippen LogP contribution is -2.59. The van der Waals surface area contributed by atoms with Crippen LogP contribution in [-0.4, -0.2) is 20.4 Å². The lowest BCUT2D eigenvalue weighted by atomic mass is 9.36. The third kappa shape index (κ3) is 6.79. The maximum Gasteiger partial charge on any atom is 0.264 e. The van der Waals surface area contributed by atoms with Crippen LogP contribution in [0.3, 0.4) is 0 Å². The van der Waals surface area contributed by atoms with Gasteiger partial charge >= 0.3 is 0 Å². The first-order chi connectivity index (χ1) is 39.9. The summed E-state index contributed by atoms with van der Waals surface area (Å²) in [4.78, 5) is 2.66. The lowest BCUT2D eigenvalue weighted by molar-refractivity contribution is 0.590. The van der Waals surface area contributed by atoms with Crippen LogP contribution in [0.2, 0.25) is 0 Å². The molecule has 0 unspecified atom stereocenters. The highest BCUT2D eigenvalue weighted by molar-refractivity contribution is 7.33. The molecule has 11 aromatic carbocycles. The van der Waals surface area contributed by atoms with Crippen LogP contribution in [0.1, 0.15) is 52.7 Å². The summed E-state index contributed by atoms with van der Waals surface area (Å²) in [5.74, 6) is 0. The average molecular weight is 1070 g/mol. The standard InChI is InChI=1S/C76H57BN4S/c1-75(2,3)50-31-34-53(35-32-50)80-68-42-54(79-64-36-29-48(46-19-10-7-11-20-46)39-57(64)58-40-49(30-37-65(58)79)47-21-12-8-13-22-47)43-69-71(68)77(74-73(80)61-41-51(76(4,5)6)33-38-70(61)82-74)62-27-18-26-56-60-44-59-55-25-16-17-28-63(55)78(52-23-14-9-15-24-52)66(59)45-67(60)81(69)72(56)62/h7-45H,1-6H3. The second-order valence-electron chi connectivity index (χ2n) is 24.9. The van der Waals surface area contributed by atoms with Crippen LogP contribution in [0.4, 0.5) is 17.1 Å². The van der Waals surface area contributed by atoms with Gasteiger partial charge in [0.15, 0.2) is 0 Å². The van der Waals surface area contributed by atoms with Crippen molar-refractivity contribution in [3.05, 3.63) is 248 Å². The SMILES string of the molecule is CC(C)(C)c1ccc(N2c3cc(-n4c5ccc(-c6ccccc6)cc5c5cc(-c6ccccc6)ccc54)cc4c3B(c3sc5ccc(C(C)(C)C)cc5c32)c2cccc3c5cc6c7ccccc7n(-c7ccccc7)c6cc5n-4c23)cc1. The van der Waals surface area contributed by atoms with Crippen LogP contribution in [-0.2, 0) is 10.8 Å². The van der Waals surface area contributed by atoms with Crippen molar-refractivity contribution in [2.75, 3.05) is 4.90 Å². The molecule has 0 fully saturated rings. The van der Waals surface area contributed by atoms with E-state index in [9.17, 15) is 0 Å². The molecule has 6 heterocycles. The number of para-hydroxylation sites is 3. The van der Waals surface area contributed by atoms with E-state index < -0.39 is 0 Å². The molecule has 82 heavy (non-hydrogen) atoms. The Balaban J connectivity index is 1.04. The summed E-state index contributed by atoms with van der Waals surface area (Å²) in [6, 6.07) is 89.8. The smallest absolute Gasteiger partial charge is 0.264 e. The number of hydrogen-bond acceptors (Lipinski definition) is 2. The molecule has 0 radical (unpaired) electrons. The highest BCUT2D eigenvalue weighted by Gasteiger charge is 2.45. The van der Waals surface area contributed by atoms with Crippen molar-refractivity contribution < 1.29 is 0 Å². The Morgan fingerprint density at radius 1 is 0.341 bits per heavy atom. The third-order valence-corrected chi connectivity index (χ3v) is 19.3. The van der Waals surface area contributed by atoms with Crippen molar-refractivity contribution in [3.63, 3.8) is 0 Å². The van der Waals surface area contributed by atoms with Crippen LogP contribution in [0.15, 0.2) is 237 Å². The number of thiophene rings is 1. The number of nitrogens with zero attached hydrogens (tertiary/aromatic N) is 4. The molecule has 0 spiro atoms. The average Bonchev–Trinajstić information content (AvgIpc) is 2.02. The predicted molar refractivity (Wildman–Crippen MR) is 352 cm³/mol. The van der Waals surface area contributed by atoms with Gasteiger partial charge in [-0.3, -0.25) is 0 Å². The number of fused-ring (bicyclic) bond motifs is 15. The number of anilines is 3. The Hall–Kier alpha value is -9.36. The van der Waals surface area contributed by atoms with Crippen molar-refractivity contribution in [2.24, 2.45) is 0 Å². The Morgan fingerprint density at radius 3 is 1.56 bits per heavy atom. The molecule has 0 amide bonds. The Kier molecular flexibility index (Phi) is 9.89. The van der Waals surface area contributed by atoms with Gasteiger partial charge in [-0.05, 0) is 146 Å². The number of aromatic nitrogens is 3. The van der Waals surface area contributed by atoms with Crippen LogP contribution >= 0.6 is 11.3 Å². The van der Waals surface area contributed by atoms with E-state index in [1.165, 1.54) is 142 Å². The number of rotatable bonds is 5. The molecule has 0 saturated heterocycles. The molecule has 390 valence electrons. The molecule has 2 aliphatic heterocycles. The molecule has 6 heteroatoms. The molecule has 0 saturated carbocycles. The molecule has 17 rings (SSSR count). The maximum atomic E-state index is 2.66. The Morgan fingerprint density at radius 2 is 0.890 bits per heavy atom. The highest BCUT2D eigenvalue weighted by Crippen LogP contribution is 2.50. The largest absolute Gasteiger partial charge is 0.310 e. The summed E-state index contributed by atoms with van der Waals surface area (Å²) in [6.07, 6.45) is 0. The molecule has 0 bridgehead atoms. The molecule has 0 N–H and O–H groups in total. The minimum absolute atomic E-state index is 0.00800. The molecule has 2 aliphatic rings. The van der Waals surface area contributed by atoms with E-state index >= 15 is 0 Å². The van der Waals surface area contributed by atoms with Gasteiger partial charge in [0, 0.05) is 75.4 Å². The normalized spacial score (nSPS) is 13.2. The van der Waals surface area contributed by atoms with Gasteiger partial charge in [-0.1, -0.05) is 187 Å². The number of benzene rings is 11. The summed E-state index contributed by atoms with van der Waals surface area (Å²) in [6.45, 7) is 13.9. The fraction of sp³-hybridized carbons (Fsp3) is 0.105. The highest BCUT2D eigenvalue weighted by atomic mass is 32.1. The van der Waals surface area contributed by atoms with Crippen molar-refractivity contribution in [2.45, 2.75) is 52.4 Å². The first kappa shape index (κ1) is 47.5. The van der Waals surface area contributed by atoms with Gasteiger partial charge in [-0.25, -0.2) is 0 Å².